The predicted molar refractivity (Wildman–Crippen MR) is 88.3 cm³/mol. The second-order valence-electron chi connectivity index (χ2n) is 6.62. The topological polar surface area (TPSA) is 38.0 Å². The molecule has 0 saturated heterocycles. The van der Waals surface area contributed by atoms with Crippen molar-refractivity contribution in [2.45, 2.75) is 44.8 Å². The summed E-state index contributed by atoms with van der Waals surface area (Å²) in [5.41, 5.74) is 1.74. The Kier molecular flexibility index (Phi) is 5.54. The monoisotopic (exact) mass is 396 g/mol. The summed E-state index contributed by atoms with van der Waals surface area (Å²) in [7, 11) is 0. The Morgan fingerprint density at radius 3 is 2.11 bits per heavy atom. The van der Waals surface area contributed by atoms with Gasteiger partial charge in [0.05, 0.1) is 0 Å². The molecule has 3 N–H and O–H groups in total. The quantitative estimate of drug-likeness (QED) is 0.532. The lowest BCUT2D eigenvalue weighted by molar-refractivity contribution is -0.327. The maximum atomic E-state index is 14.1. The highest BCUT2D eigenvalue weighted by Crippen LogP contribution is 2.52. The summed E-state index contributed by atoms with van der Waals surface area (Å²) >= 11 is 0. The molecule has 0 fully saturated rings. The van der Waals surface area contributed by atoms with E-state index in [2.05, 4.69) is 5.32 Å². The Morgan fingerprint density at radius 1 is 1.04 bits per heavy atom. The number of hydrogen-bond acceptors (Lipinski definition) is 2. The van der Waals surface area contributed by atoms with Crippen LogP contribution >= 0.6 is 0 Å². The molecular formula is C18H19F7N2. The van der Waals surface area contributed by atoms with E-state index >= 15 is 0 Å². The smallest absolute Gasteiger partial charge is 0.399 e. The molecule has 1 aliphatic rings. The number of nitrogens with two attached hydrogens (primary N) is 1. The summed E-state index contributed by atoms with van der Waals surface area (Å²) in [5, 5.41) is 2.97. The lowest BCUT2D eigenvalue weighted by Crippen LogP contribution is -2.55. The fourth-order valence-corrected chi connectivity index (χ4v) is 2.93. The number of halogens is 7. The standard InChI is InChI=1S/C18H19F7N2/c1-10-7-12(3-5-14(10)26)9-27-15-6-4-13(8-11(15)2)16(19,17(20,21)22)18(23,24)25/h3-7,11,27H,8-9,26H2,1-2H3/t11-/m1/s1. The van der Waals surface area contributed by atoms with E-state index in [1.807, 2.05) is 13.0 Å². The fourth-order valence-electron chi connectivity index (χ4n) is 2.93. The van der Waals surface area contributed by atoms with Crippen molar-refractivity contribution in [1.29, 1.82) is 0 Å². The zero-order valence-electron chi connectivity index (χ0n) is 14.6. The van der Waals surface area contributed by atoms with Crippen LogP contribution in [0.1, 0.15) is 24.5 Å². The van der Waals surface area contributed by atoms with Gasteiger partial charge in [-0.25, -0.2) is 4.39 Å². The number of nitrogens with one attached hydrogen (secondary N) is 1. The average Bonchev–Trinajstić information content (AvgIpc) is 2.54. The second-order valence-corrected chi connectivity index (χ2v) is 6.62. The van der Waals surface area contributed by atoms with Gasteiger partial charge in [0.2, 0.25) is 0 Å². The van der Waals surface area contributed by atoms with Crippen molar-refractivity contribution in [3.8, 4) is 0 Å². The third-order valence-corrected chi connectivity index (χ3v) is 4.58. The number of aryl methyl sites for hydroxylation is 1. The second kappa shape index (κ2) is 7.09. The zero-order valence-corrected chi connectivity index (χ0v) is 14.6. The molecule has 9 heteroatoms. The third-order valence-electron chi connectivity index (χ3n) is 4.58. The first kappa shape index (κ1) is 21.1. The van der Waals surface area contributed by atoms with Crippen LogP contribution in [0.15, 0.2) is 41.6 Å². The Bertz CT molecular complexity index is 746. The fraction of sp³-hybridized carbons (Fsp3) is 0.444. The van der Waals surface area contributed by atoms with E-state index < -0.39 is 35.9 Å². The van der Waals surface area contributed by atoms with Gasteiger partial charge in [0.25, 0.3) is 0 Å². The van der Waals surface area contributed by atoms with E-state index in [0.717, 1.165) is 17.2 Å². The molecule has 27 heavy (non-hydrogen) atoms. The molecule has 0 spiro atoms. The van der Waals surface area contributed by atoms with Crippen LogP contribution in [0.25, 0.3) is 0 Å². The zero-order chi connectivity index (χ0) is 20.6. The SMILES string of the molecule is Cc1cc(CNC2=CC=C(C(F)(C(F)(F)F)C(F)(F)F)C[C@H]2C)ccc1N. The van der Waals surface area contributed by atoms with Crippen LogP contribution in [0.4, 0.5) is 36.4 Å². The van der Waals surface area contributed by atoms with E-state index in [-0.39, 0.29) is 0 Å². The number of alkyl halides is 7. The van der Waals surface area contributed by atoms with Crippen LogP contribution in [0.2, 0.25) is 0 Å². The molecule has 2 rings (SSSR count). The molecule has 0 aromatic heterocycles. The Labute approximate surface area is 151 Å². The maximum Gasteiger partial charge on any atom is 0.435 e. The number of anilines is 1. The predicted octanol–water partition coefficient (Wildman–Crippen LogP) is 5.35. The lowest BCUT2D eigenvalue weighted by atomic mass is 9.82. The number of benzene rings is 1. The van der Waals surface area contributed by atoms with Crippen molar-refractivity contribution in [3.05, 3.63) is 52.7 Å². The molecule has 150 valence electrons. The highest BCUT2D eigenvalue weighted by atomic mass is 19.4. The molecule has 0 amide bonds. The highest BCUT2D eigenvalue weighted by Gasteiger charge is 2.74. The first-order valence-corrected chi connectivity index (χ1v) is 8.10. The van der Waals surface area contributed by atoms with Gasteiger partial charge in [-0.05, 0) is 48.1 Å². The van der Waals surface area contributed by atoms with Crippen molar-refractivity contribution in [2.75, 3.05) is 5.73 Å². The van der Waals surface area contributed by atoms with E-state index in [9.17, 15) is 30.7 Å². The Hall–Kier alpha value is -2.19. The summed E-state index contributed by atoms with van der Waals surface area (Å²) in [6.45, 7) is 3.55. The largest absolute Gasteiger partial charge is 0.435 e. The minimum atomic E-state index is -6.09. The van der Waals surface area contributed by atoms with Gasteiger partial charge in [0.1, 0.15) is 0 Å². The van der Waals surface area contributed by atoms with Crippen molar-refractivity contribution in [3.63, 3.8) is 0 Å². The van der Waals surface area contributed by atoms with Gasteiger partial charge in [0.15, 0.2) is 0 Å². The van der Waals surface area contributed by atoms with Gasteiger partial charge in [-0.2, -0.15) is 26.3 Å². The van der Waals surface area contributed by atoms with Crippen molar-refractivity contribution in [1.82, 2.24) is 5.32 Å². The van der Waals surface area contributed by atoms with Gasteiger partial charge in [-0.3, -0.25) is 0 Å². The summed E-state index contributed by atoms with van der Waals surface area (Å²) in [6.07, 6.45) is -11.2. The van der Waals surface area contributed by atoms with Gasteiger partial charge in [0, 0.05) is 17.9 Å². The van der Waals surface area contributed by atoms with E-state index in [1.54, 1.807) is 12.1 Å². The lowest BCUT2D eigenvalue weighted by Gasteiger charge is -2.35. The Morgan fingerprint density at radius 2 is 1.63 bits per heavy atom. The van der Waals surface area contributed by atoms with E-state index in [0.29, 0.717) is 24.0 Å². The molecule has 2 nitrogen and oxygen atoms in total. The average molecular weight is 396 g/mol. The van der Waals surface area contributed by atoms with Crippen LogP contribution in [0, 0.1) is 12.8 Å². The minimum Gasteiger partial charge on any atom is -0.399 e. The van der Waals surface area contributed by atoms with Gasteiger partial charge in [-0.1, -0.05) is 25.1 Å². The number of rotatable bonds is 4. The third kappa shape index (κ3) is 4.06. The molecule has 0 saturated carbocycles. The first-order valence-electron chi connectivity index (χ1n) is 8.10. The number of hydrogen-bond donors (Lipinski definition) is 2. The Balaban J connectivity index is 2.24. The molecule has 1 atom stereocenters. The summed E-state index contributed by atoms with van der Waals surface area (Å²) in [6, 6.07) is 5.27. The van der Waals surface area contributed by atoms with E-state index in [4.69, 9.17) is 5.73 Å². The number of nitrogen functional groups attached to an aromatic ring is 1. The summed E-state index contributed by atoms with van der Waals surface area (Å²) in [5.74, 6) is -0.736. The molecule has 1 aromatic carbocycles. The molecule has 1 aromatic rings. The highest BCUT2D eigenvalue weighted by molar-refractivity contribution is 5.47. The van der Waals surface area contributed by atoms with Crippen LogP contribution in [-0.4, -0.2) is 18.0 Å². The van der Waals surface area contributed by atoms with Crippen LogP contribution in [0.5, 0.6) is 0 Å². The number of allylic oxidation sites excluding steroid dienone is 4. The first-order chi connectivity index (χ1) is 12.3. The molecule has 0 heterocycles. The van der Waals surface area contributed by atoms with Crippen LogP contribution in [0.3, 0.4) is 0 Å². The molecule has 0 bridgehead atoms. The van der Waals surface area contributed by atoms with Crippen molar-refractivity contribution >= 4 is 5.69 Å². The molecular weight excluding hydrogens is 377 g/mol. The minimum absolute atomic E-state index is 0.305. The van der Waals surface area contributed by atoms with Gasteiger partial charge < -0.3 is 11.1 Å². The molecule has 0 radical (unpaired) electrons. The summed E-state index contributed by atoms with van der Waals surface area (Å²) < 4.78 is 91.3. The van der Waals surface area contributed by atoms with E-state index in [1.165, 1.54) is 6.92 Å². The van der Waals surface area contributed by atoms with Gasteiger partial charge in [-0.15, -0.1) is 0 Å². The summed E-state index contributed by atoms with van der Waals surface area (Å²) in [4.78, 5) is 0. The van der Waals surface area contributed by atoms with Gasteiger partial charge >= 0.3 is 18.0 Å². The molecule has 1 aliphatic carbocycles. The normalized spacial score (nSPS) is 18.8. The molecule has 0 unspecified atom stereocenters. The molecule has 0 aliphatic heterocycles. The van der Waals surface area contributed by atoms with Crippen molar-refractivity contribution < 1.29 is 30.7 Å². The van der Waals surface area contributed by atoms with Crippen molar-refractivity contribution in [2.24, 2.45) is 5.92 Å². The van der Waals surface area contributed by atoms with Crippen LogP contribution < -0.4 is 11.1 Å². The van der Waals surface area contributed by atoms with Crippen LogP contribution in [-0.2, 0) is 6.54 Å². The maximum absolute atomic E-state index is 14.1.